The third-order valence-electron chi connectivity index (χ3n) is 4.76. The van der Waals surface area contributed by atoms with E-state index in [4.69, 9.17) is 4.74 Å². The summed E-state index contributed by atoms with van der Waals surface area (Å²) in [5.74, 6) is -0.152. The molecule has 1 heterocycles. The summed E-state index contributed by atoms with van der Waals surface area (Å²) in [5.41, 5.74) is 0.762. The highest BCUT2D eigenvalue weighted by atomic mass is 32.2. The number of morpholine rings is 1. The molecule has 1 N–H and O–H groups in total. The first-order valence-corrected chi connectivity index (χ1v) is 10.9. The minimum absolute atomic E-state index is 0.0537. The lowest BCUT2D eigenvalue weighted by Gasteiger charge is -2.35. The molecule has 0 aliphatic carbocycles. The van der Waals surface area contributed by atoms with Gasteiger partial charge in [0.25, 0.3) is 21.6 Å². The zero-order chi connectivity index (χ0) is 22.1. The minimum Gasteiger partial charge on any atom is -0.372 e. The molecule has 1 aliphatic rings. The highest BCUT2D eigenvalue weighted by Gasteiger charge is 2.27. The fourth-order valence-corrected chi connectivity index (χ4v) is 4.73. The van der Waals surface area contributed by atoms with Gasteiger partial charge in [-0.15, -0.1) is 0 Å². The monoisotopic (exact) mass is 433 g/mol. The van der Waals surface area contributed by atoms with Gasteiger partial charge in [-0.05, 0) is 50.6 Å². The maximum Gasteiger partial charge on any atom is 0.270 e. The smallest absolute Gasteiger partial charge is 0.270 e. The van der Waals surface area contributed by atoms with Crippen LogP contribution in [0.3, 0.4) is 0 Å². The van der Waals surface area contributed by atoms with Gasteiger partial charge in [0, 0.05) is 36.5 Å². The van der Waals surface area contributed by atoms with Crippen LogP contribution >= 0.6 is 0 Å². The predicted molar refractivity (Wildman–Crippen MR) is 111 cm³/mol. The van der Waals surface area contributed by atoms with Crippen molar-refractivity contribution >= 4 is 27.3 Å². The van der Waals surface area contributed by atoms with Gasteiger partial charge in [0.2, 0.25) is 0 Å². The number of non-ortho nitro benzene ring substituents is 1. The predicted octanol–water partition coefficient (Wildman–Crippen LogP) is 2.95. The number of carbonyl (C=O) groups is 1. The van der Waals surface area contributed by atoms with E-state index in [2.05, 4.69) is 4.72 Å². The van der Waals surface area contributed by atoms with E-state index in [1.165, 1.54) is 24.3 Å². The fraction of sp³-hybridized carbons (Fsp3) is 0.350. The lowest BCUT2D eigenvalue weighted by molar-refractivity contribution is -0.385. The van der Waals surface area contributed by atoms with E-state index in [9.17, 15) is 23.3 Å². The van der Waals surface area contributed by atoms with Crippen LogP contribution in [0.25, 0.3) is 0 Å². The molecular formula is C20H23N3O6S. The topological polar surface area (TPSA) is 119 Å². The van der Waals surface area contributed by atoms with Crippen LogP contribution in [-0.4, -0.2) is 49.4 Å². The minimum atomic E-state index is -4.03. The van der Waals surface area contributed by atoms with Crippen LogP contribution in [0.2, 0.25) is 0 Å². The molecule has 30 heavy (non-hydrogen) atoms. The molecule has 0 saturated carbocycles. The van der Waals surface area contributed by atoms with Crippen molar-refractivity contribution in [1.82, 2.24) is 4.90 Å². The van der Waals surface area contributed by atoms with Crippen LogP contribution < -0.4 is 4.72 Å². The second-order valence-corrected chi connectivity index (χ2v) is 9.01. The highest BCUT2D eigenvalue weighted by Crippen LogP contribution is 2.24. The maximum absolute atomic E-state index is 12.7. The van der Waals surface area contributed by atoms with Crippen LogP contribution in [0.5, 0.6) is 0 Å². The lowest BCUT2D eigenvalue weighted by atomic mass is 10.1. The number of aryl methyl sites for hydroxylation is 1. The molecule has 0 radical (unpaired) electrons. The summed E-state index contributed by atoms with van der Waals surface area (Å²) >= 11 is 0. The second kappa shape index (κ2) is 8.41. The Morgan fingerprint density at radius 3 is 2.30 bits per heavy atom. The molecule has 2 aromatic rings. The molecule has 10 heteroatoms. The highest BCUT2D eigenvalue weighted by molar-refractivity contribution is 7.92. The molecule has 3 rings (SSSR count). The van der Waals surface area contributed by atoms with Gasteiger partial charge in [-0.25, -0.2) is 8.42 Å². The molecule has 160 valence electrons. The molecule has 9 nitrogen and oxygen atoms in total. The van der Waals surface area contributed by atoms with Crippen molar-refractivity contribution in [2.24, 2.45) is 0 Å². The fourth-order valence-electron chi connectivity index (χ4n) is 3.41. The van der Waals surface area contributed by atoms with Crippen LogP contribution in [-0.2, 0) is 14.8 Å². The van der Waals surface area contributed by atoms with Crippen LogP contribution in [0.1, 0.15) is 29.8 Å². The third-order valence-corrected chi connectivity index (χ3v) is 6.29. The number of amides is 1. The van der Waals surface area contributed by atoms with Gasteiger partial charge in [-0.2, -0.15) is 0 Å². The first-order valence-electron chi connectivity index (χ1n) is 9.39. The van der Waals surface area contributed by atoms with Crippen molar-refractivity contribution in [2.75, 3.05) is 17.8 Å². The molecule has 0 unspecified atom stereocenters. The summed E-state index contributed by atoms with van der Waals surface area (Å²) in [4.78, 5) is 24.6. The van der Waals surface area contributed by atoms with E-state index < -0.39 is 14.9 Å². The van der Waals surface area contributed by atoms with E-state index in [-0.39, 0.29) is 34.4 Å². The average molecular weight is 433 g/mol. The van der Waals surface area contributed by atoms with Gasteiger partial charge in [0.15, 0.2) is 0 Å². The number of benzene rings is 2. The number of anilines is 1. The van der Waals surface area contributed by atoms with Crippen molar-refractivity contribution < 1.29 is 22.9 Å². The van der Waals surface area contributed by atoms with Crippen molar-refractivity contribution in [3.8, 4) is 0 Å². The number of nitrogens with one attached hydrogen (secondary N) is 1. The molecule has 0 bridgehead atoms. The van der Waals surface area contributed by atoms with Gasteiger partial charge in [0.05, 0.1) is 22.0 Å². The van der Waals surface area contributed by atoms with Gasteiger partial charge in [-0.3, -0.25) is 19.6 Å². The van der Waals surface area contributed by atoms with Crippen LogP contribution in [0.4, 0.5) is 11.4 Å². The Hall–Kier alpha value is -2.98. The molecule has 2 atom stereocenters. The van der Waals surface area contributed by atoms with Gasteiger partial charge >= 0.3 is 0 Å². The van der Waals surface area contributed by atoms with Gasteiger partial charge in [-0.1, -0.05) is 6.07 Å². The van der Waals surface area contributed by atoms with Crippen molar-refractivity contribution in [3.63, 3.8) is 0 Å². The zero-order valence-electron chi connectivity index (χ0n) is 16.9. The van der Waals surface area contributed by atoms with Crippen LogP contribution in [0.15, 0.2) is 47.4 Å². The van der Waals surface area contributed by atoms with Crippen molar-refractivity contribution in [3.05, 3.63) is 63.7 Å². The molecule has 2 aromatic carbocycles. The average Bonchev–Trinajstić information content (AvgIpc) is 2.67. The normalized spacial score (nSPS) is 19.4. The summed E-state index contributed by atoms with van der Waals surface area (Å²) in [6.07, 6.45) is -0.107. The van der Waals surface area contributed by atoms with E-state index in [0.29, 0.717) is 24.2 Å². The quantitative estimate of drug-likeness (QED) is 0.572. The number of sulfonamides is 1. The lowest BCUT2D eigenvalue weighted by Crippen LogP contribution is -2.48. The number of nitrogens with zero attached hydrogens (tertiary/aromatic N) is 2. The van der Waals surface area contributed by atoms with Crippen LogP contribution in [0, 0.1) is 17.0 Å². The number of hydrogen-bond acceptors (Lipinski definition) is 6. The summed E-state index contributed by atoms with van der Waals surface area (Å²) in [6, 6.07) is 9.74. The summed E-state index contributed by atoms with van der Waals surface area (Å²) in [7, 11) is -4.03. The Morgan fingerprint density at radius 1 is 1.13 bits per heavy atom. The third kappa shape index (κ3) is 4.77. The Labute approximate surface area is 174 Å². The van der Waals surface area contributed by atoms with E-state index >= 15 is 0 Å². The summed E-state index contributed by atoms with van der Waals surface area (Å²) < 4.78 is 33.5. The van der Waals surface area contributed by atoms with Gasteiger partial charge in [0.1, 0.15) is 0 Å². The molecular weight excluding hydrogens is 410 g/mol. The number of ether oxygens (including phenoxy) is 1. The van der Waals surface area contributed by atoms with E-state index in [1.807, 2.05) is 13.8 Å². The second-order valence-electron chi connectivity index (χ2n) is 7.36. The molecule has 1 saturated heterocycles. The van der Waals surface area contributed by atoms with E-state index in [0.717, 1.165) is 6.07 Å². The molecule has 1 aliphatic heterocycles. The largest absolute Gasteiger partial charge is 0.372 e. The molecule has 0 spiro atoms. The number of hydrogen-bond donors (Lipinski definition) is 1. The summed E-state index contributed by atoms with van der Waals surface area (Å²) in [6.45, 7) is 6.35. The zero-order valence-corrected chi connectivity index (χ0v) is 17.7. The first-order chi connectivity index (χ1) is 14.1. The SMILES string of the molecule is Cc1ccc([N+](=O)[O-])cc1S(=O)(=O)Nc1ccc(C(=O)N2C[C@@H](C)O[C@@H](C)C2)cc1. The summed E-state index contributed by atoms with van der Waals surface area (Å²) in [5, 5.41) is 11.0. The number of carbonyl (C=O) groups excluding carboxylic acids is 1. The Morgan fingerprint density at radius 2 is 1.73 bits per heavy atom. The Balaban J connectivity index is 1.78. The number of nitro groups is 1. The first kappa shape index (κ1) is 21.7. The maximum atomic E-state index is 12.7. The molecule has 1 fully saturated rings. The van der Waals surface area contributed by atoms with E-state index in [1.54, 1.807) is 24.0 Å². The van der Waals surface area contributed by atoms with Crippen molar-refractivity contribution in [2.45, 2.75) is 37.9 Å². The number of nitro benzene ring substituents is 1. The van der Waals surface area contributed by atoms with Gasteiger partial charge < -0.3 is 9.64 Å². The number of rotatable bonds is 5. The van der Waals surface area contributed by atoms with Crippen molar-refractivity contribution in [1.29, 1.82) is 0 Å². The molecule has 1 amide bonds. The Kier molecular flexibility index (Phi) is 6.09. The standard InChI is InChI=1S/C20H23N3O6S/c1-13-4-9-18(23(25)26)10-19(13)30(27,28)21-17-7-5-16(6-8-17)20(24)22-11-14(2)29-15(3)12-22/h4-10,14-15,21H,11-12H2,1-3H3/t14-,15+. The molecule has 0 aromatic heterocycles. The Bertz CT molecular complexity index is 1060.